The molecule has 0 aliphatic rings. The van der Waals surface area contributed by atoms with E-state index in [-0.39, 0.29) is 5.69 Å². The van der Waals surface area contributed by atoms with E-state index in [1.807, 2.05) is 24.3 Å². The molecular weight excluding hydrogens is 365 g/mol. The molecule has 2 nitrogen and oxygen atoms in total. The monoisotopic (exact) mass is 373 g/mol. The molecule has 0 unspecified atom stereocenters. The Hall–Kier alpha value is -1.20. The standard InChI is InChI=1S/C15H9F2N2.2ClH.Ti/c16-12-4-5-13(17)14(8-12)19-9-11-3-1-2-10-6-7-18-15(10)11;;;/h1-9H;2*1H;/q-1;;;+2/p-2. The van der Waals surface area contributed by atoms with E-state index in [0.717, 1.165) is 34.7 Å². The number of halogens is 4. The van der Waals surface area contributed by atoms with Gasteiger partial charge in [-0.25, -0.2) is 8.78 Å². The van der Waals surface area contributed by atoms with Crippen molar-refractivity contribution in [3.8, 4) is 0 Å². The molecule has 0 aliphatic heterocycles. The molecule has 3 aromatic rings. The Morgan fingerprint density at radius 2 is 1.86 bits per heavy atom. The second kappa shape index (κ2) is 8.44. The zero-order valence-electron chi connectivity index (χ0n) is 11.1. The fraction of sp³-hybridized carbons (Fsp3) is 0. The molecule has 112 valence electrons. The number of rotatable bonds is 2. The topological polar surface area (TPSA) is 26.5 Å². The van der Waals surface area contributed by atoms with Gasteiger partial charge in [0.15, 0.2) is 0 Å². The molecule has 0 spiro atoms. The van der Waals surface area contributed by atoms with E-state index >= 15 is 0 Å². The van der Waals surface area contributed by atoms with Crippen LogP contribution < -0.4 is 4.98 Å². The van der Waals surface area contributed by atoms with Crippen LogP contribution in [0.2, 0.25) is 0 Å². The van der Waals surface area contributed by atoms with Crippen molar-refractivity contribution < 1.29 is 25.8 Å². The molecule has 22 heavy (non-hydrogen) atoms. The van der Waals surface area contributed by atoms with E-state index in [2.05, 4.69) is 9.98 Å². The predicted molar refractivity (Wildman–Crippen MR) is 82.6 cm³/mol. The molecule has 3 rings (SSSR count). The molecule has 0 radical (unpaired) electrons. The molecule has 0 aliphatic carbocycles. The fourth-order valence-electron chi connectivity index (χ4n) is 1.88. The first-order valence-corrected chi connectivity index (χ1v) is 10.4. The van der Waals surface area contributed by atoms with E-state index in [9.17, 15) is 8.78 Å². The van der Waals surface area contributed by atoms with Crippen LogP contribution in [0.15, 0.2) is 53.7 Å². The first-order valence-electron chi connectivity index (χ1n) is 6.11. The molecule has 0 saturated carbocycles. The van der Waals surface area contributed by atoms with Crippen molar-refractivity contribution >= 4 is 41.4 Å². The van der Waals surface area contributed by atoms with Gasteiger partial charge in [-0.05, 0) is 23.1 Å². The fourth-order valence-corrected chi connectivity index (χ4v) is 1.88. The summed E-state index contributed by atoms with van der Waals surface area (Å²) in [5, 5.41) is 0.990. The van der Waals surface area contributed by atoms with Gasteiger partial charge in [-0.2, -0.15) is 6.20 Å². The number of hydrogen-bond donors (Lipinski definition) is 0. The van der Waals surface area contributed by atoms with Gasteiger partial charge in [0.1, 0.15) is 17.3 Å². The van der Waals surface area contributed by atoms with Gasteiger partial charge >= 0.3 is 35.6 Å². The van der Waals surface area contributed by atoms with Gasteiger partial charge in [0, 0.05) is 12.3 Å². The summed E-state index contributed by atoms with van der Waals surface area (Å²) in [7, 11) is 9.78. The van der Waals surface area contributed by atoms with Crippen LogP contribution in [0.1, 0.15) is 5.56 Å². The average molecular weight is 374 g/mol. The Labute approximate surface area is 142 Å². The number of nitrogens with zero attached hydrogens (tertiary/aromatic N) is 2. The van der Waals surface area contributed by atoms with Crippen molar-refractivity contribution in [1.29, 1.82) is 0 Å². The normalized spacial score (nSPS) is 10.5. The summed E-state index contributed by atoms with van der Waals surface area (Å²) >= 11 is -0.556. The van der Waals surface area contributed by atoms with Crippen molar-refractivity contribution in [2.24, 2.45) is 4.99 Å². The maximum absolute atomic E-state index is 13.4. The number of para-hydroxylation sites is 1. The summed E-state index contributed by atoms with van der Waals surface area (Å²) in [4.78, 5) is 8.20. The molecule has 0 amide bonds. The predicted octanol–water partition coefficient (Wildman–Crippen LogP) is 5.20. The number of benzene rings is 2. The van der Waals surface area contributed by atoms with Crippen LogP contribution in [0, 0.1) is 11.6 Å². The number of fused-ring (bicyclic) bond motifs is 1. The summed E-state index contributed by atoms with van der Waals surface area (Å²) in [5.74, 6) is -1.07. The molecule has 0 saturated heterocycles. The van der Waals surface area contributed by atoms with Crippen LogP contribution in [-0.2, 0) is 17.0 Å². The number of aromatic nitrogens is 1. The van der Waals surface area contributed by atoms with Gasteiger partial charge in [0.05, 0.1) is 0 Å². The third-order valence-electron chi connectivity index (χ3n) is 2.81. The molecular formula is C15H9Cl2F2N2Ti-. The Bertz CT molecular complexity index is 790. The quantitative estimate of drug-likeness (QED) is 0.447. The van der Waals surface area contributed by atoms with Crippen molar-refractivity contribution in [3.05, 3.63) is 65.9 Å². The molecule has 1 aromatic heterocycles. The van der Waals surface area contributed by atoms with Crippen LogP contribution in [-0.4, -0.2) is 6.21 Å². The first-order chi connectivity index (χ1) is 10.7. The van der Waals surface area contributed by atoms with Gasteiger partial charge in [-0.3, -0.25) is 4.99 Å². The molecule has 0 fully saturated rings. The summed E-state index contributed by atoms with van der Waals surface area (Å²) < 4.78 is 26.5. The van der Waals surface area contributed by atoms with Crippen molar-refractivity contribution in [2.45, 2.75) is 0 Å². The summed E-state index contributed by atoms with van der Waals surface area (Å²) in [6.07, 6.45) is 3.19. The van der Waals surface area contributed by atoms with Gasteiger partial charge in [-0.15, -0.1) is 5.52 Å². The zero-order chi connectivity index (χ0) is 15.9. The third kappa shape index (κ3) is 4.40. The van der Waals surface area contributed by atoms with Crippen molar-refractivity contribution in [3.63, 3.8) is 0 Å². The van der Waals surface area contributed by atoms with E-state index in [1.54, 1.807) is 6.20 Å². The Morgan fingerprint density at radius 1 is 1.09 bits per heavy atom. The summed E-state index contributed by atoms with van der Waals surface area (Å²) in [6.45, 7) is 0. The Balaban J connectivity index is 0.000000545. The molecule has 2 aromatic carbocycles. The SMILES string of the molecule is Fc1ccc(F)c(N=Cc2cccc3cc[n-]c23)c1.[Cl][Ti][Cl]. The Morgan fingerprint density at radius 3 is 2.64 bits per heavy atom. The van der Waals surface area contributed by atoms with Crippen molar-refractivity contribution in [1.82, 2.24) is 4.98 Å². The summed E-state index contributed by atoms with van der Waals surface area (Å²) in [5.41, 5.74) is 1.54. The van der Waals surface area contributed by atoms with Crippen LogP contribution in [0.3, 0.4) is 0 Å². The average Bonchev–Trinajstić information content (AvgIpc) is 2.98. The third-order valence-corrected chi connectivity index (χ3v) is 2.81. The van der Waals surface area contributed by atoms with Gasteiger partial charge < -0.3 is 4.98 Å². The minimum absolute atomic E-state index is 0.0245. The molecule has 0 N–H and O–H groups in total. The molecule has 0 atom stereocenters. The second-order valence-corrected chi connectivity index (χ2v) is 6.73. The van der Waals surface area contributed by atoms with Crippen LogP contribution in [0.25, 0.3) is 10.9 Å². The maximum atomic E-state index is 13.4. The van der Waals surface area contributed by atoms with E-state index < -0.39 is 28.7 Å². The number of hydrogen-bond acceptors (Lipinski definition) is 1. The van der Waals surface area contributed by atoms with Crippen LogP contribution in [0.4, 0.5) is 14.5 Å². The molecule has 7 heteroatoms. The minimum atomic E-state index is -0.556. The second-order valence-electron chi connectivity index (χ2n) is 4.16. The summed E-state index contributed by atoms with van der Waals surface area (Å²) in [6, 6.07) is 10.7. The number of aliphatic imine (C=N–C) groups is 1. The zero-order valence-corrected chi connectivity index (χ0v) is 14.2. The van der Waals surface area contributed by atoms with Crippen molar-refractivity contribution in [2.75, 3.05) is 0 Å². The van der Waals surface area contributed by atoms with E-state index in [4.69, 9.17) is 18.6 Å². The Kier molecular flexibility index (Phi) is 6.58. The first kappa shape index (κ1) is 17.2. The van der Waals surface area contributed by atoms with E-state index in [1.165, 1.54) is 6.21 Å². The molecule has 1 heterocycles. The van der Waals surface area contributed by atoms with Gasteiger partial charge in [-0.1, -0.05) is 24.3 Å². The van der Waals surface area contributed by atoms with Crippen LogP contribution in [0.5, 0.6) is 0 Å². The van der Waals surface area contributed by atoms with Gasteiger partial charge in [0.25, 0.3) is 0 Å². The molecule has 0 bridgehead atoms. The van der Waals surface area contributed by atoms with E-state index in [0.29, 0.717) is 0 Å². The van der Waals surface area contributed by atoms with Crippen LogP contribution >= 0.6 is 18.6 Å². The van der Waals surface area contributed by atoms with Gasteiger partial charge in [0.2, 0.25) is 0 Å².